The normalized spacial score (nSPS) is 11.1. The van der Waals surface area contributed by atoms with Gasteiger partial charge in [0.1, 0.15) is 5.82 Å². The van der Waals surface area contributed by atoms with Crippen molar-refractivity contribution in [2.75, 3.05) is 5.32 Å². The fourth-order valence-corrected chi connectivity index (χ4v) is 4.26. The molecule has 4 aromatic rings. The number of amides is 2. The lowest BCUT2D eigenvalue weighted by Gasteiger charge is -2.28. The summed E-state index contributed by atoms with van der Waals surface area (Å²) >= 11 is 0. The largest absolute Gasteiger partial charge is 0.323 e. The second-order valence-corrected chi connectivity index (χ2v) is 9.07. The van der Waals surface area contributed by atoms with Crippen LogP contribution in [-0.4, -0.2) is 21.5 Å². The summed E-state index contributed by atoms with van der Waals surface area (Å²) in [6.07, 6.45) is 0. The number of fused-ring (bicyclic) bond motifs is 1. The molecule has 0 radical (unpaired) electrons. The first-order chi connectivity index (χ1) is 16.3. The van der Waals surface area contributed by atoms with Crippen LogP contribution in [0.4, 0.5) is 10.6 Å². The van der Waals surface area contributed by atoms with Gasteiger partial charge in [-0.25, -0.2) is 4.79 Å². The lowest BCUT2D eigenvalue weighted by atomic mass is 9.95. The molecule has 0 fully saturated rings. The zero-order chi connectivity index (χ0) is 24.4. The van der Waals surface area contributed by atoms with E-state index in [-0.39, 0.29) is 17.6 Å². The molecule has 0 saturated carbocycles. The number of nitrogens with zero attached hydrogens (tertiary/aromatic N) is 2. The van der Waals surface area contributed by atoms with Gasteiger partial charge in [0.15, 0.2) is 0 Å². The standard InChI is InChI=1S/C29H31N3O2/c1-19(2)32(18-22-12-8-6-9-13-22)29(34)30-27-26(23-14-10-7-11-15-23)24-16-20(3)21(4)17-25(24)28(33)31(27)5/h6-17,19H,18H2,1-5H3,(H,30,34). The Balaban J connectivity index is 1.87. The fraction of sp³-hybridized carbons (Fsp3) is 0.241. The van der Waals surface area contributed by atoms with Crippen LogP contribution >= 0.6 is 0 Å². The number of carbonyl (C=O) groups is 1. The second kappa shape index (κ2) is 9.56. The number of nitrogens with one attached hydrogen (secondary N) is 1. The number of rotatable bonds is 5. The van der Waals surface area contributed by atoms with E-state index < -0.39 is 0 Å². The molecule has 0 saturated heterocycles. The minimum Gasteiger partial charge on any atom is -0.318 e. The fourth-order valence-electron chi connectivity index (χ4n) is 4.26. The summed E-state index contributed by atoms with van der Waals surface area (Å²) in [5.41, 5.74) is 4.87. The highest BCUT2D eigenvalue weighted by atomic mass is 16.2. The number of benzene rings is 3. The molecule has 0 unspecified atom stereocenters. The van der Waals surface area contributed by atoms with Crippen LogP contribution in [0.2, 0.25) is 0 Å². The quantitative estimate of drug-likeness (QED) is 0.387. The van der Waals surface area contributed by atoms with Crippen LogP contribution in [0.3, 0.4) is 0 Å². The first-order valence-electron chi connectivity index (χ1n) is 11.6. The third-order valence-corrected chi connectivity index (χ3v) is 6.38. The molecule has 34 heavy (non-hydrogen) atoms. The summed E-state index contributed by atoms with van der Waals surface area (Å²) in [5, 5.41) is 4.58. The number of urea groups is 1. The minimum atomic E-state index is -0.241. The maximum atomic E-state index is 13.6. The Morgan fingerprint density at radius 1 is 0.912 bits per heavy atom. The van der Waals surface area contributed by atoms with Crippen molar-refractivity contribution in [2.45, 2.75) is 40.3 Å². The van der Waals surface area contributed by atoms with Gasteiger partial charge in [0, 0.05) is 30.6 Å². The molecule has 0 spiro atoms. The van der Waals surface area contributed by atoms with Crippen molar-refractivity contribution >= 4 is 22.6 Å². The van der Waals surface area contributed by atoms with Crippen LogP contribution in [0.1, 0.15) is 30.5 Å². The Labute approximate surface area is 200 Å². The molecule has 1 aromatic heterocycles. The van der Waals surface area contributed by atoms with Crippen LogP contribution in [0.5, 0.6) is 0 Å². The van der Waals surface area contributed by atoms with Gasteiger partial charge in [-0.3, -0.25) is 14.7 Å². The van der Waals surface area contributed by atoms with Gasteiger partial charge in [-0.2, -0.15) is 0 Å². The van der Waals surface area contributed by atoms with E-state index in [2.05, 4.69) is 5.32 Å². The number of anilines is 1. The monoisotopic (exact) mass is 453 g/mol. The number of hydrogen-bond acceptors (Lipinski definition) is 2. The predicted octanol–water partition coefficient (Wildman–Crippen LogP) is 6.26. The van der Waals surface area contributed by atoms with Gasteiger partial charge in [0.2, 0.25) is 0 Å². The lowest BCUT2D eigenvalue weighted by molar-refractivity contribution is 0.193. The van der Waals surface area contributed by atoms with E-state index >= 15 is 0 Å². The molecule has 174 valence electrons. The maximum Gasteiger partial charge on any atom is 0.323 e. The molecule has 1 N–H and O–H groups in total. The number of aryl methyl sites for hydroxylation is 2. The average molecular weight is 454 g/mol. The SMILES string of the molecule is Cc1cc2c(-c3ccccc3)c(NC(=O)N(Cc3ccccc3)C(C)C)n(C)c(=O)c2cc1C. The molecular weight excluding hydrogens is 422 g/mol. The number of carbonyl (C=O) groups excluding carboxylic acids is 1. The third kappa shape index (κ3) is 4.46. The molecule has 0 bridgehead atoms. The van der Waals surface area contributed by atoms with E-state index in [1.807, 2.05) is 100 Å². The Hall–Kier alpha value is -3.86. The first kappa shape index (κ1) is 23.3. The van der Waals surface area contributed by atoms with Crippen LogP contribution in [-0.2, 0) is 13.6 Å². The Bertz CT molecular complexity index is 1390. The highest BCUT2D eigenvalue weighted by molar-refractivity contribution is 6.05. The van der Waals surface area contributed by atoms with Gasteiger partial charge in [-0.1, -0.05) is 66.7 Å². The zero-order valence-electron chi connectivity index (χ0n) is 20.4. The minimum absolute atomic E-state index is 0.0252. The smallest absolute Gasteiger partial charge is 0.318 e. The summed E-state index contributed by atoms with van der Waals surface area (Å²) < 4.78 is 1.55. The average Bonchev–Trinajstić information content (AvgIpc) is 2.83. The molecule has 0 atom stereocenters. The molecule has 2 amide bonds. The van der Waals surface area contributed by atoms with Crippen molar-refractivity contribution in [1.82, 2.24) is 9.47 Å². The van der Waals surface area contributed by atoms with Crippen LogP contribution < -0.4 is 10.9 Å². The lowest BCUT2D eigenvalue weighted by Crippen LogP contribution is -2.40. The third-order valence-electron chi connectivity index (χ3n) is 6.38. The first-order valence-corrected chi connectivity index (χ1v) is 11.6. The zero-order valence-corrected chi connectivity index (χ0v) is 20.4. The van der Waals surface area contributed by atoms with Crippen molar-refractivity contribution in [3.05, 3.63) is 99.8 Å². The Kier molecular flexibility index (Phi) is 6.55. The predicted molar refractivity (Wildman–Crippen MR) is 140 cm³/mol. The van der Waals surface area contributed by atoms with E-state index in [0.717, 1.165) is 33.2 Å². The second-order valence-electron chi connectivity index (χ2n) is 9.07. The Morgan fingerprint density at radius 2 is 1.47 bits per heavy atom. The summed E-state index contributed by atoms with van der Waals surface area (Å²) in [7, 11) is 1.72. The summed E-state index contributed by atoms with van der Waals surface area (Å²) in [6, 6.07) is 23.6. The van der Waals surface area contributed by atoms with Gasteiger partial charge in [-0.05, 0) is 61.4 Å². The summed E-state index contributed by atoms with van der Waals surface area (Å²) in [5.74, 6) is 0.496. The maximum absolute atomic E-state index is 13.6. The van der Waals surface area contributed by atoms with Crippen molar-refractivity contribution in [3.63, 3.8) is 0 Å². The summed E-state index contributed by atoms with van der Waals surface area (Å²) in [4.78, 5) is 28.7. The van der Waals surface area contributed by atoms with Gasteiger partial charge >= 0.3 is 6.03 Å². The van der Waals surface area contributed by atoms with Crippen molar-refractivity contribution in [2.24, 2.45) is 7.05 Å². The van der Waals surface area contributed by atoms with Gasteiger partial charge in [0.05, 0.1) is 0 Å². The molecule has 1 heterocycles. The molecule has 5 nitrogen and oxygen atoms in total. The van der Waals surface area contributed by atoms with Crippen molar-refractivity contribution < 1.29 is 4.79 Å². The highest BCUT2D eigenvalue weighted by Gasteiger charge is 2.23. The molecule has 4 rings (SSSR count). The van der Waals surface area contributed by atoms with Crippen molar-refractivity contribution in [1.29, 1.82) is 0 Å². The van der Waals surface area contributed by atoms with Crippen LogP contribution in [0.15, 0.2) is 77.6 Å². The molecule has 3 aromatic carbocycles. The van der Waals surface area contributed by atoms with Crippen LogP contribution in [0, 0.1) is 13.8 Å². The van der Waals surface area contributed by atoms with E-state index in [9.17, 15) is 9.59 Å². The van der Waals surface area contributed by atoms with Gasteiger partial charge in [-0.15, -0.1) is 0 Å². The van der Waals surface area contributed by atoms with E-state index in [1.165, 1.54) is 0 Å². The topological polar surface area (TPSA) is 54.3 Å². The van der Waals surface area contributed by atoms with E-state index in [1.54, 1.807) is 16.5 Å². The molecule has 0 aliphatic rings. The van der Waals surface area contributed by atoms with E-state index in [4.69, 9.17) is 0 Å². The molecule has 0 aliphatic carbocycles. The van der Waals surface area contributed by atoms with Gasteiger partial charge < -0.3 is 4.90 Å². The number of hydrogen-bond donors (Lipinski definition) is 1. The molecule has 5 heteroatoms. The number of aromatic nitrogens is 1. The van der Waals surface area contributed by atoms with Gasteiger partial charge in [0.25, 0.3) is 5.56 Å². The number of pyridine rings is 1. The highest BCUT2D eigenvalue weighted by Crippen LogP contribution is 2.35. The molecule has 0 aliphatic heterocycles. The van der Waals surface area contributed by atoms with Crippen molar-refractivity contribution in [3.8, 4) is 11.1 Å². The van der Waals surface area contributed by atoms with E-state index in [0.29, 0.717) is 17.7 Å². The van der Waals surface area contributed by atoms with Crippen LogP contribution in [0.25, 0.3) is 21.9 Å². The summed E-state index contributed by atoms with van der Waals surface area (Å²) in [6.45, 7) is 8.51. The molecular formula is C29H31N3O2. The Morgan fingerprint density at radius 3 is 2.06 bits per heavy atom.